The number of carbonyl (C=O) groups is 2. The molecule has 192 valence electrons. The second-order valence-electron chi connectivity index (χ2n) is 8.90. The molecule has 4 aromatic rings. The maximum absolute atomic E-state index is 13.6. The summed E-state index contributed by atoms with van der Waals surface area (Å²) in [6, 6.07) is 12.8. The Morgan fingerprint density at radius 1 is 0.973 bits per heavy atom. The summed E-state index contributed by atoms with van der Waals surface area (Å²) >= 11 is 0. The van der Waals surface area contributed by atoms with Crippen LogP contribution in [0.3, 0.4) is 0 Å². The van der Waals surface area contributed by atoms with Crippen LogP contribution in [0, 0.1) is 11.6 Å². The van der Waals surface area contributed by atoms with Crippen molar-refractivity contribution in [2.24, 2.45) is 0 Å². The van der Waals surface area contributed by atoms with Gasteiger partial charge in [0.15, 0.2) is 5.65 Å². The van der Waals surface area contributed by atoms with Gasteiger partial charge in [-0.15, -0.1) is 0 Å². The highest BCUT2D eigenvalue weighted by atomic mass is 19.1. The molecule has 2 N–H and O–H groups in total. The Morgan fingerprint density at radius 3 is 2.22 bits per heavy atom. The number of pyridine rings is 1. The number of nitrogens with zero attached hydrogens (tertiary/aromatic N) is 4. The van der Waals surface area contributed by atoms with Crippen LogP contribution in [-0.4, -0.2) is 50.9 Å². The molecule has 1 saturated heterocycles. The van der Waals surface area contributed by atoms with Gasteiger partial charge in [-0.2, -0.15) is 0 Å². The number of hydrogen-bond donors (Lipinski definition) is 2. The number of likely N-dealkylation sites (tertiary alicyclic amines) is 1. The number of halogens is 2. The Morgan fingerprint density at radius 2 is 1.59 bits per heavy atom. The summed E-state index contributed by atoms with van der Waals surface area (Å²) < 4.78 is 27.1. The standard InChI is InChI=1S/C27H24F2N6O2.2H2/c1-16(36)35-12-2-3-21(15-35)31-27(37)32-22-13-23-26(30-14-22)34-25(18-6-10-20(29)11-7-18)24(33-23)17-4-8-19(28)9-5-17;;/h4-11,13-14,21H,2-3,12,15H2,1H3,(H2,31,32,37);2*1H. The van der Waals surface area contributed by atoms with E-state index in [2.05, 4.69) is 20.6 Å². The molecular formula is C27H28F2N6O2. The lowest BCUT2D eigenvalue weighted by Gasteiger charge is -2.32. The van der Waals surface area contributed by atoms with E-state index in [1.54, 1.807) is 35.2 Å². The summed E-state index contributed by atoms with van der Waals surface area (Å²) in [4.78, 5) is 39.8. The number of aromatic nitrogens is 3. The van der Waals surface area contributed by atoms with E-state index in [0.29, 0.717) is 52.5 Å². The highest BCUT2D eigenvalue weighted by Crippen LogP contribution is 2.31. The predicted molar refractivity (Wildman–Crippen MR) is 140 cm³/mol. The molecule has 2 aromatic heterocycles. The molecule has 0 saturated carbocycles. The molecule has 1 fully saturated rings. The Labute approximate surface area is 214 Å². The van der Waals surface area contributed by atoms with Crippen molar-refractivity contribution in [2.75, 3.05) is 18.4 Å². The van der Waals surface area contributed by atoms with Gasteiger partial charge in [0, 0.05) is 40.0 Å². The van der Waals surface area contributed by atoms with E-state index < -0.39 is 6.03 Å². The molecule has 3 amide bonds. The number of amides is 3. The molecule has 1 aliphatic heterocycles. The third-order valence-corrected chi connectivity index (χ3v) is 6.22. The molecule has 37 heavy (non-hydrogen) atoms. The van der Waals surface area contributed by atoms with Crippen LogP contribution >= 0.6 is 0 Å². The van der Waals surface area contributed by atoms with Crippen LogP contribution in [0.25, 0.3) is 33.7 Å². The molecule has 0 bridgehead atoms. The van der Waals surface area contributed by atoms with Gasteiger partial charge in [0.25, 0.3) is 0 Å². The number of carbonyl (C=O) groups excluding carboxylic acids is 2. The SMILES string of the molecule is CC(=O)N1CCCC(NC(=O)Nc2cnc3nc(-c4ccc(F)cc4)c(-c4ccc(F)cc4)nc3c2)C1.[HH].[HH]. The maximum atomic E-state index is 13.6. The predicted octanol–water partition coefficient (Wildman–Crippen LogP) is 5.26. The number of anilines is 1. The van der Waals surface area contributed by atoms with E-state index in [1.165, 1.54) is 37.4 Å². The molecule has 5 rings (SSSR count). The molecule has 3 heterocycles. The monoisotopic (exact) mass is 506 g/mol. The van der Waals surface area contributed by atoms with Crippen molar-refractivity contribution in [1.29, 1.82) is 0 Å². The van der Waals surface area contributed by atoms with Gasteiger partial charge in [-0.3, -0.25) is 4.79 Å². The highest BCUT2D eigenvalue weighted by Gasteiger charge is 2.23. The third kappa shape index (κ3) is 5.53. The van der Waals surface area contributed by atoms with Crippen LogP contribution < -0.4 is 10.6 Å². The maximum Gasteiger partial charge on any atom is 0.319 e. The lowest BCUT2D eigenvalue weighted by Crippen LogP contribution is -2.50. The Bertz CT molecular complexity index is 1470. The van der Waals surface area contributed by atoms with E-state index in [-0.39, 0.29) is 26.4 Å². The zero-order valence-electron chi connectivity index (χ0n) is 20.0. The number of nitrogens with one attached hydrogen (secondary N) is 2. The number of hydrogen-bond acceptors (Lipinski definition) is 5. The summed E-state index contributed by atoms with van der Waals surface area (Å²) in [5.74, 6) is -0.777. The topological polar surface area (TPSA) is 100 Å². The van der Waals surface area contributed by atoms with Gasteiger partial charge in [-0.1, -0.05) is 0 Å². The van der Waals surface area contributed by atoms with E-state index in [9.17, 15) is 18.4 Å². The number of piperidine rings is 1. The first-order chi connectivity index (χ1) is 17.9. The Balaban J connectivity index is 0.00000210. The Kier molecular flexibility index (Phi) is 6.72. The minimum atomic E-state index is -0.411. The second-order valence-corrected chi connectivity index (χ2v) is 8.90. The van der Waals surface area contributed by atoms with Gasteiger partial charge in [-0.05, 0) is 67.4 Å². The van der Waals surface area contributed by atoms with Gasteiger partial charge in [0.2, 0.25) is 5.91 Å². The van der Waals surface area contributed by atoms with Crippen molar-refractivity contribution in [2.45, 2.75) is 25.8 Å². The number of urea groups is 1. The fourth-order valence-corrected chi connectivity index (χ4v) is 4.37. The fourth-order valence-electron chi connectivity index (χ4n) is 4.37. The average Bonchev–Trinajstić information content (AvgIpc) is 2.89. The molecule has 2 aromatic carbocycles. The number of fused-ring (bicyclic) bond motifs is 1. The average molecular weight is 507 g/mol. The minimum absolute atomic E-state index is 0. The van der Waals surface area contributed by atoms with Crippen LogP contribution in [0.4, 0.5) is 19.3 Å². The van der Waals surface area contributed by atoms with Gasteiger partial charge >= 0.3 is 6.03 Å². The first-order valence-electron chi connectivity index (χ1n) is 11.9. The van der Waals surface area contributed by atoms with Crippen LogP contribution in [0.5, 0.6) is 0 Å². The van der Waals surface area contributed by atoms with Crippen molar-refractivity contribution in [3.8, 4) is 22.5 Å². The lowest BCUT2D eigenvalue weighted by atomic mass is 10.0. The summed E-state index contributed by atoms with van der Waals surface area (Å²) in [7, 11) is 0. The fraction of sp³-hybridized carbons (Fsp3) is 0.222. The molecule has 1 aliphatic rings. The van der Waals surface area contributed by atoms with Crippen LogP contribution in [0.2, 0.25) is 0 Å². The molecular weight excluding hydrogens is 478 g/mol. The highest BCUT2D eigenvalue weighted by molar-refractivity contribution is 5.92. The zero-order valence-corrected chi connectivity index (χ0v) is 20.0. The van der Waals surface area contributed by atoms with Gasteiger partial charge in [0.05, 0.1) is 23.3 Å². The van der Waals surface area contributed by atoms with Gasteiger partial charge in [-0.25, -0.2) is 28.5 Å². The van der Waals surface area contributed by atoms with E-state index in [1.807, 2.05) is 0 Å². The zero-order chi connectivity index (χ0) is 25.9. The molecule has 8 nitrogen and oxygen atoms in total. The van der Waals surface area contributed by atoms with Crippen molar-refractivity contribution in [1.82, 2.24) is 25.2 Å². The van der Waals surface area contributed by atoms with E-state index in [4.69, 9.17) is 4.98 Å². The van der Waals surface area contributed by atoms with Gasteiger partial charge in [0.1, 0.15) is 17.2 Å². The summed E-state index contributed by atoms with van der Waals surface area (Å²) in [6.07, 6.45) is 3.08. The smallest absolute Gasteiger partial charge is 0.319 e. The van der Waals surface area contributed by atoms with Crippen LogP contribution in [0.1, 0.15) is 22.6 Å². The third-order valence-electron chi connectivity index (χ3n) is 6.22. The molecule has 0 spiro atoms. The van der Waals surface area contributed by atoms with Crippen molar-refractivity contribution < 1.29 is 21.2 Å². The lowest BCUT2D eigenvalue weighted by molar-refractivity contribution is -0.130. The molecule has 1 unspecified atom stereocenters. The minimum Gasteiger partial charge on any atom is -0.341 e. The summed E-state index contributed by atoms with van der Waals surface area (Å²) in [5.41, 5.74) is 3.36. The van der Waals surface area contributed by atoms with Gasteiger partial charge < -0.3 is 15.5 Å². The van der Waals surface area contributed by atoms with E-state index >= 15 is 0 Å². The number of benzene rings is 2. The van der Waals surface area contributed by atoms with E-state index in [0.717, 1.165) is 12.8 Å². The van der Waals surface area contributed by atoms with Crippen molar-refractivity contribution in [3.63, 3.8) is 0 Å². The molecule has 10 heteroatoms. The van der Waals surface area contributed by atoms with Crippen molar-refractivity contribution in [3.05, 3.63) is 72.4 Å². The molecule has 0 aliphatic carbocycles. The van der Waals surface area contributed by atoms with Crippen LogP contribution in [0.15, 0.2) is 60.8 Å². The quantitative estimate of drug-likeness (QED) is 0.393. The van der Waals surface area contributed by atoms with Crippen molar-refractivity contribution >= 4 is 28.8 Å². The largest absolute Gasteiger partial charge is 0.341 e. The second kappa shape index (κ2) is 10.3. The first kappa shape index (κ1) is 24.2. The van der Waals surface area contributed by atoms with Crippen LogP contribution in [-0.2, 0) is 4.79 Å². The summed E-state index contributed by atoms with van der Waals surface area (Å²) in [5, 5.41) is 5.67. The molecule has 1 atom stereocenters. The summed E-state index contributed by atoms with van der Waals surface area (Å²) in [6.45, 7) is 2.68. The number of rotatable bonds is 4. The Hall–Kier alpha value is -4.47. The normalized spacial score (nSPS) is 15.4. The molecule has 0 radical (unpaired) electrons. The first-order valence-corrected chi connectivity index (χ1v) is 11.9.